The van der Waals surface area contributed by atoms with E-state index in [-0.39, 0.29) is 108 Å². The first-order chi connectivity index (χ1) is 13.2. The van der Waals surface area contributed by atoms with Gasteiger partial charge in [0.1, 0.15) is 0 Å². The molecule has 1 aliphatic rings. The summed E-state index contributed by atoms with van der Waals surface area (Å²) in [6.45, 7) is 4.04. The predicted octanol–water partition coefficient (Wildman–Crippen LogP) is -6.92. The van der Waals surface area contributed by atoms with Crippen LogP contribution in [0.3, 0.4) is 0 Å². The summed E-state index contributed by atoms with van der Waals surface area (Å²) in [4.78, 5) is 39.9. The van der Waals surface area contributed by atoms with Gasteiger partial charge in [0.15, 0.2) is 0 Å². The van der Waals surface area contributed by atoms with Gasteiger partial charge in [0.05, 0.1) is 24.0 Å². The Bertz CT molecular complexity index is 496. The third kappa shape index (κ3) is 16.4. The van der Waals surface area contributed by atoms with E-state index in [1.807, 2.05) is 4.90 Å². The molecule has 1 aliphatic heterocycles. The number of aliphatic carboxylic acids is 3. The first-order valence-corrected chi connectivity index (χ1v) is 9.32. The maximum atomic E-state index is 11.0. The van der Waals surface area contributed by atoms with Crippen molar-refractivity contribution in [3.05, 3.63) is 0 Å². The minimum absolute atomic E-state index is 0. The summed E-state index contributed by atoms with van der Waals surface area (Å²) in [7, 11) is 0. The van der Waals surface area contributed by atoms with Gasteiger partial charge in [0, 0.05) is 78.5 Å². The summed E-state index contributed by atoms with van der Waals surface area (Å²) in [6, 6.07) is 0. The smallest absolute Gasteiger partial charge is 0.549 e. The molecule has 30 heavy (non-hydrogen) atoms. The third-order valence-corrected chi connectivity index (χ3v) is 4.51. The molecule has 1 heterocycles. The molecule has 1 fully saturated rings. The minimum atomic E-state index is -1.26. The molecule has 0 aliphatic carbocycles. The monoisotopic (exact) mass is 481 g/mol. The van der Waals surface area contributed by atoms with Crippen LogP contribution >= 0.6 is 0 Å². The minimum Gasteiger partial charge on any atom is -0.549 e. The van der Waals surface area contributed by atoms with Crippen LogP contribution in [0.5, 0.6) is 0 Å². The molecular formula is C17H29Ca2N4O7+. The Morgan fingerprint density at radius 2 is 0.900 bits per heavy atom. The first kappa shape index (κ1) is 32.9. The van der Waals surface area contributed by atoms with E-state index in [9.17, 15) is 34.8 Å². The molecule has 0 aromatic rings. The largest absolute Gasteiger partial charge is 2.00 e. The Hall–Kier alpha value is 0.729. The summed E-state index contributed by atoms with van der Waals surface area (Å²) in [5.41, 5.74) is 0. The number of hydrogen-bond acceptors (Lipinski definition) is 11. The number of rotatable bonds is 8. The van der Waals surface area contributed by atoms with E-state index in [0.717, 1.165) is 0 Å². The van der Waals surface area contributed by atoms with Crippen molar-refractivity contribution in [3.8, 4) is 0 Å². The summed E-state index contributed by atoms with van der Waals surface area (Å²) >= 11 is 0. The number of β-amino-alcohol motifs (C(OH)–C–C–N with tert-alkyl or cyclic N) is 1. The van der Waals surface area contributed by atoms with Crippen LogP contribution in [0.25, 0.3) is 0 Å². The number of carbonyl (C=O) groups is 3. The molecule has 0 aromatic heterocycles. The Labute approximate surface area is 237 Å². The Kier molecular flexibility index (Phi) is 20.0. The zero-order valence-corrected chi connectivity index (χ0v) is 22.1. The molecule has 1 N–H and O–H groups in total. The Morgan fingerprint density at radius 1 is 0.667 bits per heavy atom. The van der Waals surface area contributed by atoms with Gasteiger partial charge >= 0.3 is 75.5 Å². The summed E-state index contributed by atoms with van der Waals surface area (Å²) in [5.74, 6) is -3.70. The van der Waals surface area contributed by atoms with Crippen LogP contribution in [0.1, 0.15) is 6.92 Å². The molecule has 0 amide bonds. The van der Waals surface area contributed by atoms with Gasteiger partial charge in [-0.05, 0) is 6.92 Å². The van der Waals surface area contributed by atoms with E-state index < -0.39 is 24.0 Å². The maximum Gasteiger partial charge on any atom is 2.00 e. The average Bonchev–Trinajstić information content (AvgIpc) is 2.55. The SMILES string of the molecule is CC(O)CN1CCN(CC(=O)[O-])CCN(CC(=O)[O-])CCN(CC(=O)[O-])CC1.[Ca+2].[Ca+2]. The standard InChI is InChI=1S/C17H32N4O7.2Ca/c1-14(22)10-18-2-4-19(11-15(23)24)6-8-21(13-17(27)28)9-7-20(5-3-18)12-16(25)26;;/h14,22H,2-13H2,1H3,(H,23,24)(H,25,26)(H,27,28);;/q;2*+2/p-3. The average molecular weight is 482 g/mol. The van der Waals surface area contributed by atoms with Gasteiger partial charge in [-0.25, -0.2) is 0 Å². The van der Waals surface area contributed by atoms with Crippen molar-refractivity contribution in [2.24, 2.45) is 0 Å². The Morgan fingerprint density at radius 3 is 1.10 bits per heavy atom. The zero-order valence-electron chi connectivity index (χ0n) is 17.7. The molecule has 0 radical (unpaired) electrons. The Balaban J connectivity index is 0. The number of aliphatic hydroxyl groups excluding tert-OH is 1. The van der Waals surface area contributed by atoms with Crippen molar-refractivity contribution in [2.75, 3.05) is 78.5 Å². The summed E-state index contributed by atoms with van der Waals surface area (Å²) in [5, 5.41) is 42.7. The second kappa shape index (κ2) is 18.2. The van der Waals surface area contributed by atoms with Gasteiger partial charge in [0.2, 0.25) is 0 Å². The van der Waals surface area contributed by atoms with Crippen LogP contribution in [-0.2, 0) is 14.4 Å². The zero-order chi connectivity index (χ0) is 21.1. The van der Waals surface area contributed by atoms with Crippen molar-refractivity contribution >= 4 is 93.4 Å². The van der Waals surface area contributed by atoms with Gasteiger partial charge in [-0.15, -0.1) is 0 Å². The molecule has 0 spiro atoms. The number of hydrogen-bond donors (Lipinski definition) is 1. The van der Waals surface area contributed by atoms with Crippen molar-refractivity contribution in [3.63, 3.8) is 0 Å². The van der Waals surface area contributed by atoms with Crippen molar-refractivity contribution in [2.45, 2.75) is 13.0 Å². The topological polar surface area (TPSA) is 154 Å². The maximum absolute atomic E-state index is 11.0. The van der Waals surface area contributed by atoms with E-state index in [1.54, 1.807) is 21.6 Å². The van der Waals surface area contributed by atoms with Gasteiger partial charge in [-0.3, -0.25) is 19.6 Å². The molecule has 0 saturated carbocycles. The fourth-order valence-electron chi connectivity index (χ4n) is 3.16. The normalized spacial score (nSPS) is 19.4. The molecule has 0 bridgehead atoms. The van der Waals surface area contributed by atoms with Crippen LogP contribution < -0.4 is 15.3 Å². The molecule has 11 nitrogen and oxygen atoms in total. The second-order valence-electron chi connectivity index (χ2n) is 7.09. The number of nitrogens with zero attached hydrogens (tertiary/aromatic N) is 4. The van der Waals surface area contributed by atoms with Crippen LogP contribution in [-0.4, -0.2) is 203 Å². The fourth-order valence-corrected chi connectivity index (χ4v) is 3.16. The first-order valence-electron chi connectivity index (χ1n) is 9.32. The second-order valence-corrected chi connectivity index (χ2v) is 7.09. The van der Waals surface area contributed by atoms with Gasteiger partial charge in [0.25, 0.3) is 0 Å². The van der Waals surface area contributed by atoms with E-state index in [1.165, 1.54) is 0 Å². The molecule has 1 saturated heterocycles. The predicted molar refractivity (Wildman–Crippen MR) is 104 cm³/mol. The number of carboxylic acids is 3. The van der Waals surface area contributed by atoms with Crippen LogP contribution in [0.2, 0.25) is 0 Å². The van der Waals surface area contributed by atoms with Gasteiger partial charge in [-0.2, -0.15) is 0 Å². The number of carboxylic acid groups (broad SMARTS) is 3. The van der Waals surface area contributed by atoms with Crippen LogP contribution in [0.15, 0.2) is 0 Å². The number of carbonyl (C=O) groups excluding carboxylic acids is 3. The molecule has 1 unspecified atom stereocenters. The summed E-state index contributed by atoms with van der Waals surface area (Å²) < 4.78 is 0. The molecule has 162 valence electrons. The molecule has 1 atom stereocenters. The van der Waals surface area contributed by atoms with E-state index >= 15 is 0 Å². The molecule has 0 aromatic carbocycles. The van der Waals surface area contributed by atoms with Crippen molar-refractivity contribution in [1.29, 1.82) is 0 Å². The molecule has 1 rings (SSSR count). The van der Waals surface area contributed by atoms with Gasteiger partial charge in [-0.1, -0.05) is 0 Å². The van der Waals surface area contributed by atoms with E-state index in [2.05, 4.69) is 0 Å². The van der Waals surface area contributed by atoms with E-state index in [0.29, 0.717) is 45.8 Å². The van der Waals surface area contributed by atoms with Crippen molar-refractivity contribution < 1.29 is 34.8 Å². The molecular weight excluding hydrogens is 452 g/mol. The molecule has 13 heteroatoms. The quantitative estimate of drug-likeness (QED) is 0.329. The van der Waals surface area contributed by atoms with Crippen LogP contribution in [0.4, 0.5) is 0 Å². The van der Waals surface area contributed by atoms with Gasteiger partial charge < -0.3 is 34.8 Å². The summed E-state index contributed by atoms with van der Waals surface area (Å²) in [6.07, 6.45) is -0.587. The van der Waals surface area contributed by atoms with Crippen LogP contribution in [0, 0.1) is 0 Å². The van der Waals surface area contributed by atoms with Crippen molar-refractivity contribution in [1.82, 2.24) is 19.6 Å². The third-order valence-electron chi connectivity index (χ3n) is 4.51. The van der Waals surface area contributed by atoms with E-state index in [4.69, 9.17) is 0 Å². The fraction of sp³-hybridized carbons (Fsp3) is 0.824. The number of aliphatic hydroxyl groups is 1.